The third-order valence-electron chi connectivity index (χ3n) is 1.24. The minimum atomic E-state index is -2.79. The lowest BCUT2D eigenvalue weighted by molar-refractivity contribution is -0.389. The Labute approximate surface area is 76.3 Å². The van der Waals surface area contributed by atoms with Gasteiger partial charge in [-0.2, -0.15) is 0 Å². The molecule has 1 aromatic heterocycles. The van der Waals surface area contributed by atoms with Gasteiger partial charge in [-0.15, -0.1) is 0 Å². The highest BCUT2D eigenvalue weighted by atomic mass is 35.5. The number of hydrogen-bond acceptors (Lipinski definition) is 3. The molecule has 0 N–H and O–H groups in total. The van der Waals surface area contributed by atoms with Gasteiger partial charge in [0.25, 0.3) is 6.43 Å². The van der Waals surface area contributed by atoms with E-state index < -0.39 is 22.7 Å². The summed E-state index contributed by atoms with van der Waals surface area (Å²) in [6.45, 7) is 0. The SMILES string of the molecule is O=[N+]([O-])c1cc(C(F)F)cc(Cl)n1. The quantitative estimate of drug-likeness (QED) is 0.426. The number of nitro groups is 1. The summed E-state index contributed by atoms with van der Waals surface area (Å²) in [6, 6.07) is 1.58. The minimum Gasteiger partial charge on any atom is -0.358 e. The van der Waals surface area contributed by atoms with Gasteiger partial charge >= 0.3 is 5.82 Å². The standard InChI is InChI=1S/C6H3ClF2N2O2/c7-4-1-3(6(8)9)2-5(10-4)11(12)13/h1-2,6H. The van der Waals surface area contributed by atoms with Gasteiger partial charge in [0.05, 0.1) is 0 Å². The molecule has 1 aromatic rings. The highest BCUT2D eigenvalue weighted by Gasteiger charge is 2.16. The van der Waals surface area contributed by atoms with Crippen LogP contribution in [-0.4, -0.2) is 9.91 Å². The second-order valence-corrected chi connectivity index (χ2v) is 2.53. The van der Waals surface area contributed by atoms with Crippen LogP contribution in [0.3, 0.4) is 0 Å². The molecule has 0 spiro atoms. The number of hydrogen-bond donors (Lipinski definition) is 0. The van der Waals surface area contributed by atoms with E-state index >= 15 is 0 Å². The summed E-state index contributed by atoms with van der Waals surface area (Å²) >= 11 is 5.29. The predicted octanol–water partition coefficient (Wildman–Crippen LogP) is 2.58. The van der Waals surface area contributed by atoms with Gasteiger partial charge < -0.3 is 10.1 Å². The first-order valence-corrected chi connectivity index (χ1v) is 3.48. The van der Waals surface area contributed by atoms with Crippen molar-refractivity contribution in [2.75, 3.05) is 0 Å². The van der Waals surface area contributed by atoms with E-state index in [1.165, 1.54) is 0 Å². The molecule has 13 heavy (non-hydrogen) atoms. The average molecular weight is 209 g/mol. The fraction of sp³-hybridized carbons (Fsp3) is 0.167. The first-order valence-electron chi connectivity index (χ1n) is 3.10. The maximum atomic E-state index is 12.1. The first-order chi connectivity index (χ1) is 6.00. The third-order valence-corrected chi connectivity index (χ3v) is 1.44. The van der Waals surface area contributed by atoms with E-state index in [-0.39, 0.29) is 5.15 Å². The third kappa shape index (κ3) is 2.32. The zero-order chi connectivity index (χ0) is 10.0. The molecule has 0 atom stereocenters. The van der Waals surface area contributed by atoms with Crippen molar-refractivity contribution in [3.05, 3.63) is 33.0 Å². The van der Waals surface area contributed by atoms with Crippen molar-refractivity contribution in [1.82, 2.24) is 4.98 Å². The number of aromatic nitrogens is 1. The summed E-state index contributed by atoms with van der Waals surface area (Å²) in [5.41, 5.74) is -0.508. The molecule has 1 rings (SSSR count). The lowest BCUT2D eigenvalue weighted by Gasteiger charge is -1.98. The zero-order valence-corrected chi connectivity index (χ0v) is 6.83. The van der Waals surface area contributed by atoms with Crippen molar-refractivity contribution >= 4 is 17.4 Å². The Morgan fingerprint density at radius 2 is 2.15 bits per heavy atom. The van der Waals surface area contributed by atoms with E-state index in [2.05, 4.69) is 4.98 Å². The molecule has 0 bridgehead atoms. The van der Waals surface area contributed by atoms with Crippen molar-refractivity contribution in [2.45, 2.75) is 6.43 Å². The molecule has 0 unspecified atom stereocenters. The highest BCUT2D eigenvalue weighted by Crippen LogP contribution is 2.24. The van der Waals surface area contributed by atoms with Crippen molar-refractivity contribution in [2.24, 2.45) is 0 Å². The van der Waals surface area contributed by atoms with Crippen LogP contribution < -0.4 is 0 Å². The molecule has 0 aliphatic rings. The van der Waals surface area contributed by atoms with E-state index in [4.69, 9.17) is 11.6 Å². The summed E-state index contributed by atoms with van der Waals surface area (Å²) in [7, 11) is 0. The fourth-order valence-electron chi connectivity index (χ4n) is 0.722. The average Bonchev–Trinajstić information content (AvgIpc) is 2.03. The Kier molecular flexibility index (Phi) is 2.72. The van der Waals surface area contributed by atoms with Gasteiger partial charge in [-0.3, -0.25) is 0 Å². The second-order valence-electron chi connectivity index (χ2n) is 2.14. The first kappa shape index (κ1) is 9.79. The maximum absolute atomic E-state index is 12.1. The molecular formula is C6H3ClF2N2O2. The van der Waals surface area contributed by atoms with Crippen LogP contribution in [0.4, 0.5) is 14.6 Å². The van der Waals surface area contributed by atoms with Gasteiger partial charge in [-0.05, 0) is 21.5 Å². The molecule has 0 aliphatic carbocycles. The Hall–Kier alpha value is -1.30. The topological polar surface area (TPSA) is 56.0 Å². The van der Waals surface area contributed by atoms with Crippen LogP contribution in [0.25, 0.3) is 0 Å². The van der Waals surface area contributed by atoms with Crippen molar-refractivity contribution in [3.8, 4) is 0 Å². The Balaban J connectivity index is 3.19. The molecule has 0 fully saturated rings. The van der Waals surface area contributed by atoms with Crippen LogP contribution in [0.2, 0.25) is 5.15 Å². The van der Waals surface area contributed by atoms with Gasteiger partial charge in [-0.25, -0.2) is 8.78 Å². The van der Waals surface area contributed by atoms with Crippen LogP contribution in [0.15, 0.2) is 12.1 Å². The smallest absolute Gasteiger partial charge is 0.358 e. The van der Waals surface area contributed by atoms with Crippen molar-refractivity contribution in [1.29, 1.82) is 0 Å². The number of nitrogens with zero attached hydrogens (tertiary/aromatic N) is 2. The molecule has 0 aliphatic heterocycles. The molecule has 0 saturated carbocycles. The van der Waals surface area contributed by atoms with Gasteiger partial charge in [0.1, 0.15) is 0 Å². The molecule has 0 aromatic carbocycles. The number of pyridine rings is 1. The summed E-state index contributed by atoms with van der Waals surface area (Å²) in [4.78, 5) is 12.5. The molecule has 1 heterocycles. The molecule has 0 saturated heterocycles. The molecule has 70 valence electrons. The monoisotopic (exact) mass is 208 g/mol. The van der Waals surface area contributed by atoms with E-state index in [1.807, 2.05) is 0 Å². The molecule has 4 nitrogen and oxygen atoms in total. The van der Waals surface area contributed by atoms with Gasteiger partial charge in [0, 0.05) is 17.7 Å². The summed E-state index contributed by atoms with van der Waals surface area (Å²) in [5, 5.41) is 9.85. The van der Waals surface area contributed by atoms with E-state index in [1.54, 1.807) is 0 Å². The van der Waals surface area contributed by atoms with Crippen molar-refractivity contribution < 1.29 is 13.7 Å². The molecule has 0 radical (unpaired) electrons. The number of alkyl halides is 2. The lowest BCUT2D eigenvalue weighted by Crippen LogP contribution is -1.95. The summed E-state index contributed by atoms with van der Waals surface area (Å²) < 4.78 is 24.2. The largest absolute Gasteiger partial charge is 0.365 e. The number of rotatable bonds is 2. The fourth-order valence-corrected chi connectivity index (χ4v) is 0.934. The molecule has 7 heteroatoms. The normalized spacial score (nSPS) is 10.5. The second kappa shape index (κ2) is 3.61. The molecular weight excluding hydrogens is 206 g/mol. The molecule has 0 amide bonds. The van der Waals surface area contributed by atoms with E-state index in [0.29, 0.717) is 6.07 Å². The zero-order valence-electron chi connectivity index (χ0n) is 6.08. The minimum absolute atomic E-state index is 0.315. The van der Waals surface area contributed by atoms with Crippen LogP contribution in [0.1, 0.15) is 12.0 Å². The Morgan fingerprint density at radius 1 is 1.54 bits per heavy atom. The highest BCUT2D eigenvalue weighted by molar-refractivity contribution is 6.29. The maximum Gasteiger partial charge on any atom is 0.365 e. The van der Waals surface area contributed by atoms with Crippen molar-refractivity contribution in [3.63, 3.8) is 0 Å². The van der Waals surface area contributed by atoms with E-state index in [0.717, 1.165) is 6.07 Å². The van der Waals surface area contributed by atoms with Gasteiger partial charge in [-0.1, -0.05) is 0 Å². The Bertz CT molecular complexity index is 345. The lowest BCUT2D eigenvalue weighted by atomic mass is 10.3. The van der Waals surface area contributed by atoms with Gasteiger partial charge in [0.15, 0.2) is 0 Å². The van der Waals surface area contributed by atoms with Crippen LogP contribution in [0, 0.1) is 10.1 Å². The van der Waals surface area contributed by atoms with Crippen LogP contribution >= 0.6 is 11.6 Å². The Morgan fingerprint density at radius 3 is 2.62 bits per heavy atom. The number of halogens is 3. The summed E-state index contributed by atoms with van der Waals surface area (Å²) in [6.07, 6.45) is -2.79. The van der Waals surface area contributed by atoms with E-state index in [9.17, 15) is 18.9 Å². The predicted molar refractivity (Wildman–Crippen MR) is 40.9 cm³/mol. The van der Waals surface area contributed by atoms with Crippen LogP contribution in [0.5, 0.6) is 0 Å². The summed E-state index contributed by atoms with van der Waals surface area (Å²) in [5.74, 6) is -0.678. The van der Waals surface area contributed by atoms with Gasteiger partial charge in [0.2, 0.25) is 5.15 Å². The van der Waals surface area contributed by atoms with Crippen LogP contribution in [-0.2, 0) is 0 Å².